The molecule has 8 nitrogen and oxygen atoms in total. The zero-order chi connectivity index (χ0) is 28.7. The lowest BCUT2D eigenvalue weighted by Gasteiger charge is -2.34. The molecule has 1 aliphatic heterocycles. The van der Waals surface area contributed by atoms with Gasteiger partial charge in [-0.15, -0.1) is 0 Å². The Morgan fingerprint density at radius 2 is 1.10 bits per heavy atom. The number of thiocarbonyl (C=S) groups is 2. The predicted molar refractivity (Wildman–Crippen MR) is 178 cm³/mol. The van der Waals surface area contributed by atoms with Crippen LogP contribution in [0.15, 0.2) is 46.6 Å². The van der Waals surface area contributed by atoms with Crippen LogP contribution in [0.25, 0.3) is 0 Å². The van der Waals surface area contributed by atoms with Gasteiger partial charge in [0.1, 0.15) is 0 Å². The first-order valence-electron chi connectivity index (χ1n) is 12.8. The normalized spacial score (nSPS) is 14.5. The molecular weight excluding hydrogens is 630 g/mol. The number of nitrogens with one attached hydrogen (secondary N) is 4. The van der Waals surface area contributed by atoms with Crippen molar-refractivity contribution in [3.63, 3.8) is 0 Å². The third-order valence-electron chi connectivity index (χ3n) is 6.00. The van der Waals surface area contributed by atoms with Crippen LogP contribution in [-0.4, -0.2) is 84.8 Å². The first kappa shape index (κ1) is 32.8. The van der Waals surface area contributed by atoms with Gasteiger partial charge < -0.3 is 20.4 Å². The summed E-state index contributed by atoms with van der Waals surface area (Å²) in [6.45, 7) is 7.84. The Balaban J connectivity index is 1.18. The fourth-order valence-electron chi connectivity index (χ4n) is 3.86. The number of piperazine rings is 1. The summed E-state index contributed by atoms with van der Waals surface area (Å²) >= 11 is 34.6. The fourth-order valence-corrected chi connectivity index (χ4v) is 5.08. The SMILES string of the molecule is S=C(NCCCN1CCN(CCCNC(=S)NN=Cc2ccc(Cl)cc2Cl)CC1)NN=Cc1ccc(Cl)cc1Cl. The molecule has 0 unspecified atom stereocenters. The van der Waals surface area contributed by atoms with Gasteiger partial charge in [0.05, 0.1) is 22.5 Å². The molecule has 14 heteroatoms. The average Bonchev–Trinajstić information content (AvgIpc) is 2.92. The molecule has 0 aromatic heterocycles. The highest BCUT2D eigenvalue weighted by Gasteiger charge is 2.15. The van der Waals surface area contributed by atoms with Gasteiger partial charge in [-0.1, -0.05) is 58.5 Å². The number of benzene rings is 2. The summed E-state index contributed by atoms with van der Waals surface area (Å²) in [6.07, 6.45) is 5.22. The van der Waals surface area contributed by atoms with Gasteiger partial charge in [-0.3, -0.25) is 10.9 Å². The molecule has 40 heavy (non-hydrogen) atoms. The van der Waals surface area contributed by atoms with Crippen molar-refractivity contribution in [1.82, 2.24) is 31.3 Å². The van der Waals surface area contributed by atoms with E-state index in [0.717, 1.165) is 76.3 Å². The molecule has 0 bridgehead atoms. The van der Waals surface area contributed by atoms with Gasteiger partial charge in [0.15, 0.2) is 10.2 Å². The highest BCUT2D eigenvalue weighted by atomic mass is 35.5. The molecule has 0 saturated carbocycles. The molecule has 0 atom stereocenters. The van der Waals surface area contributed by atoms with Crippen molar-refractivity contribution in [3.8, 4) is 0 Å². The summed E-state index contributed by atoms with van der Waals surface area (Å²) in [7, 11) is 0. The van der Waals surface area contributed by atoms with E-state index < -0.39 is 0 Å². The molecule has 3 rings (SSSR count). The summed E-state index contributed by atoms with van der Waals surface area (Å²) in [4.78, 5) is 4.97. The van der Waals surface area contributed by atoms with E-state index in [1.807, 2.05) is 0 Å². The lowest BCUT2D eigenvalue weighted by atomic mass is 10.2. The van der Waals surface area contributed by atoms with Crippen LogP contribution in [0.4, 0.5) is 0 Å². The first-order valence-corrected chi connectivity index (χ1v) is 15.1. The summed E-state index contributed by atoms with van der Waals surface area (Å²) in [6, 6.07) is 10.5. The minimum Gasteiger partial charge on any atom is -0.361 e. The molecule has 0 radical (unpaired) electrons. The number of hydrogen-bond acceptors (Lipinski definition) is 6. The van der Waals surface area contributed by atoms with Gasteiger partial charge in [0.2, 0.25) is 0 Å². The second kappa shape index (κ2) is 17.9. The van der Waals surface area contributed by atoms with Crippen LogP contribution >= 0.6 is 70.8 Å². The molecular formula is C26H32Cl4N8S2. The van der Waals surface area contributed by atoms with Crippen molar-refractivity contribution in [2.75, 3.05) is 52.4 Å². The van der Waals surface area contributed by atoms with Crippen LogP contribution in [0.1, 0.15) is 24.0 Å². The van der Waals surface area contributed by atoms with Crippen LogP contribution in [0, 0.1) is 0 Å². The maximum atomic E-state index is 6.13. The second-order valence-corrected chi connectivity index (χ2v) is 11.5. The van der Waals surface area contributed by atoms with Gasteiger partial charge in [-0.25, -0.2) is 0 Å². The van der Waals surface area contributed by atoms with Gasteiger partial charge in [0, 0.05) is 60.4 Å². The largest absolute Gasteiger partial charge is 0.361 e. The van der Waals surface area contributed by atoms with Crippen molar-refractivity contribution in [1.29, 1.82) is 0 Å². The van der Waals surface area contributed by atoms with Crippen molar-refractivity contribution < 1.29 is 0 Å². The third kappa shape index (κ3) is 12.4. The van der Waals surface area contributed by atoms with E-state index in [0.29, 0.717) is 30.3 Å². The van der Waals surface area contributed by atoms with E-state index in [-0.39, 0.29) is 0 Å². The Hall–Kier alpha value is -1.76. The van der Waals surface area contributed by atoms with Gasteiger partial charge >= 0.3 is 0 Å². The van der Waals surface area contributed by atoms with E-state index in [4.69, 9.17) is 70.8 Å². The van der Waals surface area contributed by atoms with Crippen LogP contribution in [-0.2, 0) is 0 Å². The molecule has 4 N–H and O–H groups in total. The molecule has 1 heterocycles. The lowest BCUT2D eigenvalue weighted by Crippen LogP contribution is -2.47. The van der Waals surface area contributed by atoms with E-state index in [1.165, 1.54) is 0 Å². The Kier molecular flexibility index (Phi) is 14.7. The van der Waals surface area contributed by atoms with Crippen LogP contribution in [0.3, 0.4) is 0 Å². The predicted octanol–water partition coefficient (Wildman–Crippen LogP) is 4.99. The zero-order valence-corrected chi connectivity index (χ0v) is 26.5. The highest BCUT2D eigenvalue weighted by molar-refractivity contribution is 7.80. The monoisotopic (exact) mass is 660 g/mol. The average molecular weight is 663 g/mol. The maximum absolute atomic E-state index is 6.13. The molecule has 1 aliphatic rings. The van der Waals surface area contributed by atoms with Gasteiger partial charge in [-0.05, 0) is 74.6 Å². The Labute approximate surface area is 266 Å². The first-order chi connectivity index (χ1) is 19.3. The molecule has 2 aromatic carbocycles. The smallest absolute Gasteiger partial charge is 0.186 e. The Morgan fingerprint density at radius 3 is 1.48 bits per heavy atom. The number of rotatable bonds is 12. The molecule has 1 saturated heterocycles. The standard InChI is InChI=1S/C26H32Cl4N8S2/c27-21-5-3-19(23(29)15-21)17-33-35-25(39)31-7-1-9-37-11-13-38(14-12-37)10-2-8-32-26(40)36-34-18-20-4-6-22(28)16-24(20)30/h3-6,15-18H,1-2,7-14H2,(H2,31,35,39)(H2,32,36,40). The quantitative estimate of drug-likeness (QED) is 0.110. The minimum absolute atomic E-state index is 0.479. The summed E-state index contributed by atoms with van der Waals surface area (Å²) in [5.74, 6) is 0. The van der Waals surface area contributed by atoms with Gasteiger partial charge in [-0.2, -0.15) is 10.2 Å². The summed E-state index contributed by atoms with van der Waals surface area (Å²) in [5.41, 5.74) is 7.15. The molecule has 0 amide bonds. The Morgan fingerprint density at radius 1 is 0.700 bits per heavy atom. The number of nitrogens with zero attached hydrogens (tertiary/aromatic N) is 4. The van der Waals surface area contributed by atoms with Gasteiger partial charge in [0.25, 0.3) is 0 Å². The third-order valence-corrected chi connectivity index (χ3v) is 7.60. The van der Waals surface area contributed by atoms with E-state index in [9.17, 15) is 0 Å². The van der Waals surface area contributed by atoms with Crippen molar-refractivity contribution in [2.24, 2.45) is 10.2 Å². The van der Waals surface area contributed by atoms with Crippen molar-refractivity contribution in [2.45, 2.75) is 12.8 Å². The molecule has 1 fully saturated rings. The molecule has 216 valence electrons. The molecule has 0 spiro atoms. The number of hydrazone groups is 2. The van der Waals surface area contributed by atoms with Crippen molar-refractivity contribution in [3.05, 3.63) is 67.6 Å². The molecule has 2 aromatic rings. The van der Waals surface area contributed by atoms with Crippen LogP contribution < -0.4 is 21.5 Å². The van der Waals surface area contributed by atoms with E-state index in [1.54, 1.807) is 48.8 Å². The van der Waals surface area contributed by atoms with E-state index >= 15 is 0 Å². The Bertz CT molecular complexity index is 1100. The number of halogens is 4. The topological polar surface area (TPSA) is 79.3 Å². The second-order valence-electron chi connectivity index (χ2n) is 8.97. The minimum atomic E-state index is 0.479. The maximum Gasteiger partial charge on any atom is 0.186 e. The van der Waals surface area contributed by atoms with Crippen molar-refractivity contribution >= 4 is 93.5 Å². The summed E-state index contributed by atoms with van der Waals surface area (Å²) < 4.78 is 0. The van der Waals surface area contributed by atoms with E-state index in [2.05, 4.69) is 41.5 Å². The highest BCUT2D eigenvalue weighted by Crippen LogP contribution is 2.20. The van der Waals surface area contributed by atoms with Crippen LogP contribution in [0.5, 0.6) is 0 Å². The zero-order valence-electron chi connectivity index (χ0n) is 21.8. The lowest BCUT2D eigenvalue weighted by molar-refractivity contribution is 0.131. The fraction of sp³-hybridized carbons (Fsp3) is 0.385. The number of hydrogen-bond donors (Lipinski definition) is 4. The summed E-state index contributed by atoms with van der Waals surface area (Å²) in [5, 5.41) is 17.8. The molecule has 0 aliphatic carbocycles. The van der Waals surface area contributed by atoms with Crippen LogP contribution in [0.2, 0.25) is 20.1 Å².